The van der Waals surface area contributed by atoms with Crippen molar-refractivity contribution in [3.8, 4) is 0 Å². The van der Waals surface area contributed by atoms with E-state index >= 15 is 0 Å². The van der Waals surface area contributed by atoms with Crippen LogP contribution in [0.3, 0.4) is 0 Å². The largest absolute Gasteiger partial charge is 0.307 e. The summed E-state index contributed by atoms with van der Waals surface area (Å²) >= 11 is 3.55. The van der Waals surface area contributed by atoms with Crippen LogP contribution >= 0.6 is 15.9 Å². The summed E-state index contributed by atoms with van der Waals surface area (Å²) in [5, 5.41) is 0. The molecule has 0 bridgehead atoms. The van der Waals surface area contributed by atoms with Gasteiger partial charge in [0.05, 0.1) is 12.0 Å². The van der Waals surface area contributed by atoms with Crippen molar-refractivity contribution >= 4 is 27.5 Å². The van der Waals surface area contributed by atoms with Crippen molar-refractivity contribution in [3.05, 3.63) is 64.1 Å². The van der Waals surface area contributed by atoms with Crippen molar-refractivity contribution in [1.82, 2.24) is 0 Å². The Hall–Kier alpha value is -1.61. The maximum Gasteiger partial charge on any atom is 0.237 e. The molecule has 0 unspecified atom stereocenters. The third-order valence-corrected chi connectivity index (χ3v) is 4.71. The van der Waals surface area contributed by atoms with Crippen molar-refractivity contribution in [2.45, 2.75) is 25.8 Å². The molecule has 3 heteroatoms. The summed E-state index contributed by atoms with van der Waals surface area (Å²) in [7, 11) is 0. The van der Waals surface area contributed by atoms with E-state index in [1.165, 1.54) is 0 Å². The maximum atomic E-state index is 12.7. The Balaban J connectivity index is 2.03. The molecule has 3 rings (SSSR count). The molecule has 102 valence electrons. The summed E-state index contributed by atoms with van der Waals surface area (Å²) in [6.07, 6.45) is 0. The van der Waals surface area contributed by atoms with Crippen LogP contribution in [0, 0.1) is 0 Å². The normalized spacial score (nSPS) is 16.4. The van der Waals surface area contributed by atoms with E-state index in [1.807, 2.05) is 67.3 Å². The van der Waals surface area contributed by atoms with Gasteiger partial charge >= 0.3 is 0 Å². The van der Waals surface area contributed by atoms with Crippen LogP contribution in [0.5, 0.6) is 0 Å². The van der Waals surface area contributed by atoms with Gasteiger partial charge in [0.2, 0.25) is 5.91 Å². The van der Waals surface area contributed by atoms with Crippen LogP contribution in [0.4, 0.5) is 5.69 Å². The highest BCUT2D eigenvalue weighted by atomic mass is 79.9. The smallest absolute Gasteiger partial charge is 0.237 e. The molecule has 0 fully saturated rings. The van der Waals surface area contributed by atoms with Gasteiger partial charge in [-0.1, -0.05) is 52.3 Å². The van der Waals surface area contributed by atoms with Crippen LogP contribution in [-0.2, 0) is 16.8 Å². The number of fused-ring (bicyclic) bond motifs is 1. The van der Waals surface area contributed by atoms with Crippen LogP contribution in [0.2, 0.25) is 0 Å². The number of anilines is 1. The third kappa shape index (κ3) is 1.97. The van der Waals surface area contributed by atoms with E-state index in [-0.39, 0.29) is 5.91 Å². The second kappa shape index (κ2) is 4.74. The number of hydrogen-bond donors (Lipinski definition) is 0. The van der Waals surface area contributed by atoms with E-state index < -0.39 is 5.41 Å². The zero-order chi connectivity index (χ0) is 14.3. The molecule has 0 saturated heterocycles. The first-order valence-corrected chi connectivity index (χ1v) is 7.46. The van der Waals surface area contributed by atoms with Crippen molar-refractivity contribution in [3.63, 3.8) is 0 Å². The Morgan fingerprint density at radius 3 is 2.45 bits per heavy atom. The van der Waals surface area contributed by atoms with Crippen molar-refractivity contribution in [1.29, 1.82) is 0 Å². The first-order chi connectivity index (χ1) is 9.51. The fourth-order valence-electron chi connectivity index (χ4n) is 2.75. The summed E-state index contributed by atoms with van der Waals surface area (Å²) in [6.45, 7) is 4.59. The van der Waals surface area contributed by atoms with Gasteiger partial charge in [-0.05, 0) is 37.1 Å². The van der Waals surface area contributed by atoms with Gasteiger partial charge in [0.1, 0.15) is 0 Å². The molecule has 1 heterocycles. The second-order valence-corrected chi connectivity index (χ2v) is 6.48. The Bertz CT molecular complexity index is 678. The van der Waals surface area contributed by atoms with Gasteiger partial charge in [-0.2, -0.15) is 0 Å². The number of amides is 1. The molecule has 0 saturated carbocycles. The lowest BCUT2D eigenvalue weighted by Crippen LogP contribution is -2.35. The summed E-state index contributed by atoms with van der Waals surface area (Å²) in [5.41, 5.74) is 2.81. The number of halogens is 1. The van der Waals surface area contributed by atoms with Crippen LogP contribution in [0.25, 0.3) is 0 Å². The Morgan fingerprint density at radius 1 is 1.05 bits per heavy atom. The quantitative estimate of drug-likeness (QED) is 0.805. The van der Waals surface area contributed by atoms with Crippen LogP contribution in [0.15, 0.2) is 53.0 Å². The van der Waals surface area contributed by atoms with Gasteiger partial charge < -0.3 is 4.90 Å². The fourth-order valence-corrected chi connectivity index (χ4v) is 3.16. The molecule has 2 aromatic rings. The fraction of sp³-hybridized carbons (Fsp3) is 0.235. The number of benzene rings is 2. The number of rotatable bonds is 2. The van der Waals surface area contributed by atoms with Gasteiger partial charge in [-0.3, -0.25) is 4.79 Å². The lowest BCUT2D eigenvalue weighted by Gasteiger charge is -2.21. The predicted octanol–water partition coefficient (Wildman–Crippen LogP) is 4.27. The van der Waals surface area contributed by atoms with Gasteiger partial charge in [-0.15, -0.1) is 0 Å². The molecule has 1 aliphatic heterocycles. The molecule has 0 aliphatic carbocycles. The Morgan fingerprint density at radius 2 is 1.70 bits per heavy atom. The Labute approximate surface area is 127 Å². The summed E-state index contributed by atoms with van der Waals surface area (Å²) < 4.78 is 1.04. The zero-order valence-electron chi connectivity index (χ0n) is 11.6. The number of nitrogens with zero attached hydrogens (tertiary/aromatic N) is 1. The molecule has 0 radical (unpaired) electrons. The number of carbonyl (C=O) groups excluding carboxylic acids is 1. The maximum absolute atomic E-state index is 12.7. The number of hydrogen-bond acceptors (Lipinski definition) is 1. The van der Waals surface area contributed by atoms with Gasteiger partial charge in [0.25, 0.3) is 0 Å². The average Bonchev–Trinajstić information content (AvgIpc) is 2.63. The standard InChI is InChI=1S/C17H16BrNO/c1-17(2)13-8-4-6-10-15(13)19(16(17)20)11-12-7-3-5-9-14(12)18/h3-10H,11H2,1-2H3. The highest BCUT2D eigenvalue weighted by Gasteiger charge is 2.43. The van der Waals surface area contributed by atoms with Crippen molar-refractivity contribution < 1.29 is 4.79 Å². The summed E-state index contributed by atoms with van der Waals surface area (Å²) in [5.74, 6) is 0.162. The molecule has 2 nitrogen and oxygen atoms in total. The molecule has 0 spiro atoms. The van der Waals surface area contributed by atoms with E-state index in [4.69, 9.17) is 0 Å². The minimum absolute atomic E-state index is 0.162. The monoisotopic (exact) mass is 329 g/mol. The van der Waals surface area contributed by atoms with E-state index in [0.717, 1.165) is 21.3 Å². The molecular weight excluding hydrogens is 314 g/mol. The molecule has 20 heavy (non-hydrogen) atoms. The third-order valence-electron chi connectivity index (χ3n) is 3.93. The van der Waals surface area contributed by atoms with Crippen LogP contribution < -0.4 is 4.90 Å². The minimum Gasteiger partial charge on any atom is -0.307 e. The van der Waals surface area contributed by atoms with Crippen LogP contribution in [-0.4, -0.2) is 5.91 Å². The topological polar surface area (TPSA) is 20.3 Å². The van der Waals surface area contributed by atoms with E-state index in [0.29, 0.717) is 6.54 Å². The first-order valence-electron chi connectivity index (χ1n) is 6.66. The highest BCUT2D eigenvalue weighted by Crippen LogP contribution is 2.42. The van der Waals surface area contributed by atoms with E-state index in [9.17, 15) is 4.79 Å². The average molecular weight is 330 g/mol. The molecule has 0 aromatic heterocycles. The summed E-state index contributed by atoms with van der Waals surface area (Å²) in [4.78, 5) is 14.6. The molecule has 0 atom stereocenters. The van der Waals surface area contributed by atoms with Crippen molar-refractivity contribution in [2.24, 2.45) is 0 Å². The lowest BCUT2D eigenvalue weighted by molar-refractivity contribution is -0.122. The van der Waals surface area contributed by atoms with Crippen molar-refractivity contribution in [2.75, 3.05) is 4.90 Å². The van der Waals surface area contributed by atoms with Crippen LogP contribution in [0.1, 0.15) is 25.0 Å². The lowest BCUT2D eigenvalue weighted by atomic mass is 9.86. The predicted molar refractivity (Wildman–Crippen MR) is 84.8 cm³/mol. The number of carbonyl (C=O) groups is 1. The Kier molecular flexibility index (Phi) is 3.17. The molecule has 2 aromatic carbocycles. The van der Waals surface area contributed by atoms with Gasteiger partial charge in [0.15, 0.2) is 0 Å². The molecular formula is C17H16BrNO. The number of para-hydroxylation sites is 1. The molecule has 0 N–H and O–H groups in total. The van der Waals surface area contributed by atoms with Gasteiger partial charge in [0, 0.05) is 10.2 Å². The van der Waals surface area contributed by atoms with E-state index in [2.05, 4.69) is 15.9 Å². The minimum atomic E-state index is -0.447. The van der Waals surface area contributed by atoms with E-state index in [1.54, 1.807) is 0 Å². The zero-order valence-corrected chi connectivity index (χ0v) is 13.1. The summed E-state index contributed by atoms with van der Waals surface area (Å²) in [6, 6.07) is 16.1. The molecule has 1 amide bonds. The first kappa shape index (κ1) is 13.4. The molecule has 1 aliphatic rings. The second-order valence-electron chi connectivity index (χ2n) is 5.62. The van der Waals surface area contributed by atoms with Gasteiger partial charge in [-0.25, -0.2) is 0 Å². The highest BCUT2D eigenvalue weighted by molar-refractivity contribution is 9.10. The SMILES string of the molecule is CC1(C)C(=O)N(Cc2ccccc2Br)c2ccccc21.